The van der Waals surface area contributed by atoms with Gasteiger partial charge in [-0.25, -0.2) is 4.79 Å². The number of hydrogen-bond donors (Lipinski definition) is 1. The standard InChI is InChI=1S/C12H14O2/c1-9(2)11(8-12(13)14)10-6-4-3-5-7-10/h3-9H,1-2H3,(H,13,14)/b11-8-. The fraction of sp³-hybridized carbons (Fsp3) is 0.250. The molecule has 0 bridgehead atoms. The average molecular weight is 190 g/mol. The van der Waals surface area contributed by atoms with Gasteiger partial charge in [-0.2, -0.15) is 0 Å². The summed E-state index contributed by atoms with van der Waals surface area (Å²) in [7, 11) is 0. The highest BCUT2D eigenvalue weighted by Gasteiger charge is 2.07. The van der Waals surface area contributed by atoms with Gasteiger partial charge in [0, 0.05) is 6.08 Å². The van der Waals surface area contributed by atoms with Gasteiger partial charge in [0.05, 0.1) is 0 Å². The lowest BCUT2D eigenvalue weighted by Gasteiger charge is -2.10. The van der Waals surface area contributed by atoms with Gasteiger partial charge in [-0.1, -0.05) is 44.2 Å². The molecule has 14 heavy (non-hydrogen) atoms. The highest BCUT2D eigenvalue weighted by molar-refractivity contribution is 5.90. The van der Waals surface area contributed by atoms with E-state index in [4.69, 9.17) is 5.11 Å². The van der Waals surface area contributed by atoms with E-state index >= 15 is 0 Å². The normalized spacial score (nSPS) is 11.8. The average Bonchev–Trinajstić information content (AvgIpc) is 2.15. The quantitative estimate of drug-likeness (QED) is 0.744. The summed E-state index contributed by atoms with van der Waals surface area (Å²) < 4.78 is 0. The van der Waals surface area contributed by atoms with E-state index in [1.54, 1.807) is 0 Å². The molecular formula is C12H14O2. The Kier molecular flexibility index (Phi) is 3.46. The molecule has 1 aromatic rings. The lowest BCUT2D eigenvalue weighted by atomic mass is 9.95. The molecule has 0 fully saturated rings. The number of allylic oxidation sites excluding steroid dienone is 1. The van der Waals surface area contributed by atoms with Crippen LogP contribution in [0.25, 0.3) is 5.57 Å². The van der Waals surface area contributed by atoms with Crippen LogP contribution >= 0.6 is 0 Å². The molecule has 0 unspecified atom stereocenters. The Bertz CT molecular complexity index is 337. The summed E-state index contributed by atoms with van der Waals surface area (Å²) in [5, 5.41) is 8.72. The van der Waals surface area contributed by atoms with Crippen molar-refractivity contribution < 1.29 is 9.90 Å². The van der Waals surface area contributed by atoms with E-state index in [1.807, 2.05) is 44.2 Å². The predicted molar refractivity (Wildman–Crippen MR) is 56.9 cm³/mol. The number of hydrogen-bond acceptors (Lipinski definition) is 1. The van der Waals surface area contributed by atoms with Crippen molar-refractivity contribution in [3.8, 4) is 0 Å². The highest BCUT2D eigenvalue weighted by Crippen LogP contribution is 2.22. The first-order chi connectivity index (χ1) is 6.61. The van der Waals surface area contributed by atoms with Crippen LogP contribution in [0.5, 0.6) is 0 Å². The lowest BCUT2D eigenvalue weighted by Crippen LogP contribution is -1.98. The Morgan fingerprint density at radius 3 is 2.29 bits per heavy atom. The lowest BCUT2D eigenvalue weighted by molar-refractivity contribution is -0.131. The number of carbonyl (C=O) groups is 1. The van der Waals surface area contributed by atoms with Crippen molar-refractivity contribution in [1.82, 2.24) is 0 Å². The van der Waals surface area contributed by atoms with Crippen molar-refractivity contribution in [2.24, 2.45) is 5.92 Å². The summed E-state index contributed by atoms with van der Waals surface area (Å²) in [6.07, 6.45) is 1.28. The van der Waals surface area contributed by atoms with E-state index in [1.165, 1.54) is 6.08 Å². The molecule has 0 atom stereocenters. The molecule has 0 radical (unpaired) electrons. The van der Waals surface area contributed by atoms with Gasteiger partial charge in [0.1, 0.15) is 0 Å². The maximum absolute atomic E-state index is 10.6. The van der Waals surface area contributed by atoms with Crippen molar-refractivity contribution in [2.75, 3.05) is 0 Å². The van der Waals surface area contributed by atoms with Crippen molar-refractivity contribution in [2.45, 2.75) is 13.8 Å². The number of aliphatic carboxylic acids is 1. The highest BCUT2D eigenvalue weighted by atomic mass is 16.4. The molecule has 0 aliphatic carbocycles. The summed E-state index contributed by atoms with van der Waals surface area (Å²) in [5.41, 5.74) is 1.84. The predicted octanol–water partition coefficient (Wildman–Crippen LogP) is 2.81. The van der Waals surface area contributed by atoms with Crippen LogP contribution in [-0.2, 0) is 4.79 Å². The molecule has 1 rings (SSSR count). The fourth-order valence-electron chi connectivity index (χ4n) is 1.35. The van der Waals surface area contributed by atoms with Gasteiger partial charge >= 0.3 is 5.97 Å². The third kappa shape index (κ3) is 2.73. The third-order valence-corrected chi connectivity index (χ3v) is 2.01. The van der Waals surface area contributed by atoms with Crippen LogP contribution in [-0.4, -0.2) is 11.1 Å². The molecule has 74 valence electrons. The van der Waals surface area contributed by atoms with Gasteiger partial charge in [0.25, 0.3) is 0 Å². The molecule has 2 heteroatoms. The van der Waals surface area contributed by atoms with Gasteiger partial charge in [0.15, 0.2) is 0 Å². The van der Waals surface area contributed by atoms with E-state index in [0.29, 0.717) is 0 Å². The van der Waals surface area contributed by atoms with Crippen LogP contribution in [0.15, 0.2) is 36.4 Å². The number of benzene rings is 1. The van der Waals surface area contributed by atoms with E-state index in [2.05, 4.69) is 0 Å². The smallest absolute Gasteiger partial charge is 0.328 e. The fourth-order valence-corrected chi connectivity index (χ4v) is 1.35. The van der Waals surface area contributed by atoms with Crippen LogP contribution < -0.4 is 0 Å². The second-order valence-electron chi connectivity index (χ2n) is 3.46. The number of carboxylic acids is 1. The Morgan fingerprint density at radius 2 is 1.86 bits per heavy atom. The van der Waals surface area contributed by atoms with Gasteiger partial charge in [-0.15, -0.1) is 0 Å². The van der Waals surface area contributed by atoms with Crippen molar-refractivity contribution in [3.63, 3.8) is 0 Å². The van der Waals surface area contributed by atoms with Crippen LogP contribution in [0.3, 0.4) is 0 Å². The van der Waals surface area contributed by atoms with Crippen molar-refractivity contribution >= 4 is 11.5 Å². The Balaban J connectivity index is 3.08. The van der Waals surface area contributed by atoms with Crippen molar-refractivity contribution in [1.29, 1.82) is 0 Å². The largest absolute Gasteiger partial charge is 0.478 e. The summed E-state index contributed by atoms with van der Waals surface area (Å²) in [4.78, 5) is 10.6. The molecule has 0 saturated heterocycles. The van der Waals surface area contributed by atoms with E-state index in [-0.39, 0.29) is 5.92 Å². The summed E-state index contributed by atoms with van der Waals surface area (Å²) in [5.74, 6) is -0.675. The van der Waals surface area contributed by atoms with E-state index in [9.17, 15) is 4.79 Å². The minimum absolute atomic E-state index is 0.216. The zero-order valence-electron chi connectivity index (χ0n) is 8.40. The molecule has 1 N–H and O–H groups in total. The second kappa shape index (κ2) is 4.61. The van der Waals surface area contributed by atoms with Crippen LogP contribution in [0.1, 0.15) is 19.4 Å². The molecule has 0 heterocycles. The van der Waals surface area contributed by atoms with Crippen molar-refractivity contribution in [3.05, 3.63) is 42.0 Å². The topological polar surface area (TPSA) is 37.3 Å². The maximum atomic E-state index is 10.6. The molecule has 0 amide bonds. The third-order valence-electron chi connectivity index (χ3n) is 2.01. The maximum Gasteiger partial charge on any atom is 0.328 e. The van der Waals surface area contributed by atoms with Gasteiger partial charge in [-0.05, 0) is 17.1 Å². The molecule has 1 aromatic carbocycles. The van der Waals surface area contributed by atoms with Gasteiger partial charge in [-0.3, -0.25) is 0 Å². The number of carboxylic acid groups (broad SMARTS) is 1. The van der Waals surface area contributed by atoms with Gasteiger partial charge in [0.2, 0.25) is 0 Å². The molecule has 0 aliphatic heterocycles. The zero-order chi connectivity index (χ0) is 10.6. The SMILES string of the molecule is CC(C)/C(=C/C(=O)O)c1ccccc1. The van der Waals surface area contributed by atoms with E-state index in [0.717, 1.165) is 11.1 Å². The summed E-state index contributed by atoms with van der Waals surface area (Å²) >= 11 is 0. The van der Waals surface area contributed by atoms with Crippen LogP contribution in [0, 0.1) is 5.92 Å². The van der Waals surface area contributed by atoms with Crippen LogP contribution in [0.2, 0.25) is 0 Å². The molecule has 0 spiro atoms. The Morgan fingerprint density at radius 1 is 1.29 bits per heavy atom. The van der Waals surface area contributed by atoms with E-state index < -0.39 is 5.97 Å². The molecular weight excluding hydrogens is 176 g/mol. The van der Waals surface area contributed by atoms with Gasteiger partial charge < -0.3 is 5.11 Å². The second-order valence-corrected chi connectivity index (χ2v) is 3.46. The number of rotatable bonds is 3. The Labute approximate surface area is 83.9 Å². The first-order valence-corrected chi connectivity index (χ1v) is 4.61. The molecule has 2 nitrogen and oxygen atoms in total. The molecule has 0 aliphatic rings. The first-order valence-electron chi connectivity index (χ1n) is 4.61. The molecule has 0 saturated carbocycles. The summed E-state index contributed by atoms with van der Waals surface area (Å²) in [6, 6.07) is 9.59. The Hall–Kier alpha value is -1.57. The minimum atomic E-state index is -0.891. The first kappa shape index (κ1) is 10.5. The minimum Gasteiger partial charge on any atom is -0.478 e. The molecule has 0 aromatic heterocycles. The summed E-state index contributed by atoms with van der Waals surface area (Å²) in [6.45, 7) is 3.98. The van der Waals surface area contributed by atoms with Crippen LogP contribution in [0.4, 0.5) is 0 Å². The zero-order valence-corrected chi connectivity index (χ0v) is 8.40. The monoisotopic (exact) mass is 190 g/mol.